The zero-order chi connectivity index (χ0) is 15.9. The summed E-state index contributed by atoms with van der Waals surface area (Å²) < 4.78 is 30.1. The number of halogens is 2. The Bertz CT molecular complexity index is 901. The molecule has 9 heteroatoms. The Morgan fingerprint density at radius 1 is 1.32 bits per heavy atom. The van der Waals surface area contributed by atoms with Gasteiger partial charge in [-0.05, 0) is 25.1 Å². The van der Waals surface area contributed by atoms with E-state index in [9.17, 15) is 8.42 Å². The summed E-state index contributed by atoms with van der Waals surface area (Å²) in [6.45, 7) is 1.59. The quantitative estimate of drug-likeness (QED) is 0.684. The van der Waals surface area contributed by atoms with E-state index in [2.05, 4.69) is 9.97 Å². The molecular weight excluding hydrogens is 367 g/mol. The van der Waals surface area contributed by atoms with Gasteiger partial charge in [0.2, 0.25) is 0 Å². The standard InChI is InChI=1S/C13H10Cl2N2O3S2/c1-7(13-16-8-4-2-3-5-9(8)17-13)20-22(18,19)10-6-11(14)21-12(10)15/h2-7H,1H3,(H,16,17)/t7-/m1/s1. The highest BCUT2D eigenvalue weighted by atomic mass is 35.5. The van der Waals surface area contributed by atoms with Crippen molar-refractivity contribution in [2.24, 2.45) is 0 Å². The molecule has 1 atom stereocenters. The average Bonchev–Trinajstić information content (AvgIpc) is 3.01. The van der Waals surface area contributed by atoms with Gasteiger partial charge in [-0.1, -0.05) is 35.3 Å². The van der Waals surface area contributed by atoms with Crippen molar-refractivity contribution < 1.29 is 12.6 Å². The Morgan fingerprint density at radius 3 is 2.68 bits per heavy atom. The number of imidazole rings is 1. The van der Waals surface area contributed by atoms with Crippen molar-refractivity contribution in [1.29, 1.82) is 0 Å². The predicted octanol–water partition coefficient (Wildman–Crippen LogP) is 4.40. The third-order valence-electron chi connectivity index (χ3n) is 2.96. The van der Waals surface area contributed by atoms with E-state index >= 15 is 0 Å². The number of hydrogen-bond acceptors (Lipinski definition) is 5. The third kappa shape index (κ3) is 3.00. The van der Waals surface area contributed by atoms with Gasteiger partial charge in [0.15, 0.2) is 0 Å². The van der Waals surface area contributed by atoms with E-state index in [1.54, 1.807) is 6.92 Å². The molecule has 0 saturated heterocycles. The second-order valence-electron chi connectivity index (χ2n) is 4.52. The number of nitrogens with zero attached hydrogens (tertiary/aromatic N) is 1. The van der Waals surface area contributed by atoms with Crippen molar-refractivity contribution in [3.8, 4) is 0 Å². The Morgan fingerprint density at radius 2 is 2.05 bits per heavy atom. The van der Waals surface area contributed by atoms with E-state index in [1.807, 2.05) is 24.3 Å². The molecule has 3 aromatic rings. The monoisotopic (exact) mass is 376 g/mol. The number of thiophene rings is 1. The van der Waals surface area contributed by atoms with Crippen molar-refractivity contribution in [2.45, 2.75) is 17.9 Å². The summed E-state index contributed by atoms with van der Waals surface area (Å²) in [6.07, 6.45) is -0.785. The number of benzene rings is 1. The molecule has 0 saturated carbocycles. The molecular formula is C13H10Cl2N2O3S2. The maximum atomic E-state index is 12.3. The van der Waals surface area contributed by atoms with Crippen LogP contribution >= 0.6 is 34.5 Å². The van der Waals surface area contributed by atoms with E-state index in [0.717, 1.165) is 22.4 Å². The molecule has 0 unspecified atom stereocenters. The van der Waals surface area contributed by atoms with Gasteiger partial charge in [0.1, 0.15) is 21.2 Å². The van der Waals surface area contributed by atoms with E-state index in [4.69, 9.17) is 27.4 Å². The maximum absolute atomic E-state index is 12.3. The van der Waals surface area contributed by atoms with Gasteiger partial charge in [-0.25, -0.2) is 4.98 Å². The van der Waals surface area contributed by atoms with Crippen LogP contribution in [0.1, 0.15) is 18.9 Å². The number of hydrogen-bond donors (Lipinski definition) is 1. The number of H-pyrrole nitrogens is 1. The lowest BCUT2D eigenvalue weighted by atomic mass is 10.3. The molecule has 0 aliphatic carbocycles. The molecule has 5 nitrogen and oxygen atoms in total. The highest BCUT2D eigenvalue weighted by Crippen LogP contribution is 2.36. The minimum atomic E-state index is -4.02. The predicted molar refractivity (Wildman–Crippen MR) is 87.1 cm³/mol. The van der Waals surface area contributed by atoms with Gasteiger partial charge < -0.3 is 4.98 Å². The molecule has 0 bridgehead atoms. The molecule has 0 aliphatic rings. The van der Waals surface area contributed by atoms with Gasteiger partial charge in [0.25, 0.3) is 10.1 Å². The van der Waals surface area contributed by atoms with Crippen LogP contribution in [0.5, 0.6) is 0 Å². The molecule has 0 spiro atoms. The fourth-order valence-corrected chi connectivity index (χ4v) is 5.11. The number of rotatable bonds is 4. The summed E-state index contributed by atoms with van der Waals surface area (Å²) in [6, 6.07) is 8.66. The summed E-state index contributed by atoms with van der Waals surface area (Å²) in [4.78, 5) is 7.22. The van der Waals surface area contributed by atoms with Crippen LogP contribution in [-0.4, -0.2) is 18.4 Å². The molecule has 2 heterocycles. The Balaban J connectivity index is 1.89. The molecule has 2 aromatic heterocycles. The molecule has 3 rings (SSSR count). The molecule has 1 aromatic carbocycles. The highest BCUT2D eigenvalue weighted by Gasteiger charge is 2.26. The minimum absolute atomic E-state index is 0.0711. The second kappa shape index (κ2) is 5.82. The molecule has 0 aliphatic heterocycles. The van der Waals surface area contributed by atoms with Crippen molar-refractivity contribution >= 4 is 55.7 Å². The lowest BCUT2D eigenvalue weighted by molar-refractivity contribution is 0.225. The summed E-state index contributed by atoms with van der Waals surface area (Å²) >= 11 is 12.6. The van der Waals surface area contributed by atoms with Crippen molar-refractivity contribution in [3.05, 3.63) is 44.8 Å². The minimum Gasteiger partial charge on any atom is -0.340 e. The molecule has 116 valence electrons. The Hall–Kier alpha value is -1.12. The molecule has 1 N–H and O–H groups in total. The Labute approximate surface area is 141 Å². The van der Waals surface area contributed by atoms with E-state index < -0.39 is 16.2 Å². The number of aromatic amines is 1. The van der Waals surface area contributed by atoms with E-state index in [-0.39, 0.29) is 13.6 Å². The number of para-hydroxylation sites is 2. The van der Waals surface area contributed by atoms with Crippen molar-refractivity contribution in [3.63, 3.8) is 0 Å². The molecule has 22 heavy (non-hydrogen) atoms. The van der Waals surface area contributed by atoms with Gasteiger partial charge in [0, 0.05) is 0 Å². The first-order valence-corrected chi connectivity index (χ1v) is 9.17. The van der Waals surface area contributed by atoms with E-state index in [1.165, 1.54) is 6.07 Å². The summed E-state index contributed by atoms with van der Waals surface area (Å²) in [5.74, 6) is 0.419. The molecule has 0 fully saturated rings. The number of aromatic nitrogens is 2. The number of nitrogens with one attached hydrogen (secondary N) is 1. The first-order chi connectivity index (χ1) is 10.4. The maximum Gasteiger partial charge on any atom is 0.300 e. The van der Waals surface area contributed by atoms with Crippen LogP contribution in [0.3, 0.4) is 0 Å². The topological polar surface area (TPSA) is 72.1 Å². The normalized spacial score (nSPS) is 13.6. The summed E-state index contributed by atoms with van der Waals surface area (Å²) in [5.41, 5.74) is 1.55. The van der Waals surface area contributed by atoms with Gasteiger partial charge in [-0.15, -0.1) is 11.3 Å². The largest absolute Gasteiger partial charge is 0.340 e. The Kier molecular flexibility index (Phi) is 4.17. The van der Waals surface area contributed by atoms with Crippen LogP contribution in [0.2, 0.25) is 8.67 Å². The summed E-state index contributed by atoms with van der Waals surface area (Å²) in [7, 11) is -4.02. The first kappa shape index (κ1) is 15.8. The van der Waals surface area contributed by atoms with Crippen molar-refractivity contribution in [1.82, 2.24) is 9.97 Å². The van der Waals surface area contributed by atoms with Crippen LogP contribution in [0, 0.1) is 0 Å². The zero-order valence-corrected chi connectivity index (χ0v) is 14.4. The third-order valence-corrected chi connectivity index (χ3v) is 6.09. The lowest BCUT2D eigenvalue weighted by Gasteiger charge is -2.10. The second-order valence-corrected chi connectivity index (χ2v) is 8.35. The highest BCUT2D eigenvalue weighted by molar-refractivity contribution is 7.87. The average molecular weight is 377 g/mol. The van der Waals surface area contributed by atoms with Crippen LogP contribution in [0.15, 0.2) is 35.2 Å². The van der Waals surface area contributed by atoms with Crippen LogP contribution < -0.4 is 0 Å². The van der Waals surface area contributed by atoms with Gasteiger partial charge >= 0.3 is 0 Å². The van der Waals surface area contributed by atoms with Crippen LogP contribution in [0.25, 0.3) is 11.0 Å². The molecule has 0 amide bonds. The van der Waals surface area contributed by atoms with Crippen LogP contribution in [0.4, 0.5) is 0 Å². The first-order valence-electron chi connectivity index (χ1n) is 6.19. The SMILES string of the molecule is C[C@@H](OS(=O)(=O)c1cc(Cl)sc1Cl)c1nc2ccccc2[nH]1. The summed E-state index contributed by atoms with van der Waals surface area (Å²) in [5, 5.41) is 0. The smallest absolute Gasteiger partial charge is 0.300 e. The van der Waals surface area contributed by atoms with Gasteiger partial charge in [0.05, 0.1) is 15.4 Å². The fraction of sp³-hybridized carbons (Fsp3) is 0.154. The van der Waals surface area contributed by atoms with Gasteiger partial charge in [-0.2, -0.15) is 8.42 Å². The van der Waals surface area contributed by atoms with Gasteiger partial charge in [-0.3, -0.25) is 4.18 Å². The zero-order valence-electron chi connectivity index (χ0n) is 11.2. The van der Waals surface area contributed by atoms with E-state index in [0.29, 0.717) is 5.82 Å². The van der Waals surface area contributed by atoms with Crippen LogP contribution in [-0.2, 0) is 14.3 Å². The van der Waals surface area contributed by atoms with Crippen molar-refractivity contribution in [2.75, 3.05) is 0 Å². The number of fused-ring (bicyclic) bond motifs is 1. The molecule has 0 radical (unpaired) electrons. The lowest BCUT2D eigenvalue weighted by Crippen LogP contribution is -2.11. The fourth-order valence-electron chi connectivity index (χ4n) is 1.95.